The van der Waals surface area contributed by atoms with Crippen LogP contribution in [0.3, 0.4) is 0 Å². The van der Waals surface area contributed by atoms with Crippen LogP contribution in [0.2, 0.25) is 0 Å². The Bertz CT molecular complexity index is 611. The molecule has 2 aromatic rings. The lowest BCUT2D eigenvalue weighted by molar-refractivity contribution is -0.136. The lowest BCUT2D eigenvalue weighted by Crippen LogP contribution is -2.03. The molecule has 0 aliphatic carbocycles. The molecule has 5 heteroatoms. The van der Waals surface area contributed by atoms with Crippen LogP contribution in [0.25, 0.3) is 0 Å². The molecule has 2 aromatic carbocycles. The fourth-order valence-corrected chi connectivity index (χ4v) is 2.61. The Morgan fingerprint density at radius 1 is 1.20 bits per heavy atom. The third kappa shape index (κ3) is 3.68. The highest BCUT2D eigenvalue weighted by Gasteiger charge is 2.06. The zero-order valence-corrected chi connectivity index (χ0v) is 11.8. The van der Waals surface area contributed by atoms with Crippen molar-refractivity contribution in [2.45, 2.75) is 16.2 Å². The molecular weight excluding hydrogens is 274 g/mol. The van der Waals surface area contributed by atoms with Crippen molar-refractivity contribution in [2.75, 3.05) is 12.8 Å². The molecular formula is C15H15NO3S. The van der Waals surface area contributed by atoms with E-state index in [9.17, 15) is 4.79 Å². The quantitative estimate of drug-likeness (QED) is 0.828. The number of carbonyl (C=O) groups is 1. The van der Waals surface area contributed by atoms with Gasteiger partial charge in [0, 0.05) is 15.5 Å². The second kappa shape index (κ2) is 6.34. The first kappa shape index (κ1) is 14.3. The maximum atomic E-state index is 10.7. The molecule has 0 aliphatic heterocycles. The predicted molar refractivity (Wildman–Crippen MR) is 79.3 cm³/mol. The summed E-state index contributed by atoms with van der Waals surface area (Å²) in [5.41, 5.74) is 7.01. The number of methoxy groups -OCH3 is 1. The molecule has 0 saturated heterocycles. The number of aliphatic carboxylic acids is 1. The van der Waals surface area contributed by atoms with Crippen LogP contribution in [0, 0.1) is 0 Å². The number of anilines is 1. The summed E-state index contributed by atoms with van der Waals surface area (Å²) in [6, 6.07) is 13.1. The molecule has 0 radical (unpaired) electrons. The molecule has 0 amide bonds. The van der Waals surface area contributed by atoms with E-state index in [1.54, 1.807) is 31.0 Å². The first-order chi connectivity index (χ1) is 9.58. The van der Waals surface area contributed by atoms with Crippen LogP contribution in [0.1, 0.15) is 5.56 Å². The van der Waals surface area contributed by atoms with E-state index >= 15 is 0 Å². The summed E-state index contributed by atoms with van der Waals surface area (Å²) in [6.07, 6.45) is -0.0562. The Hall–Kier alpha value is -2.14. The van der Waals surface area contributed by atoms with E-state index in [4.69, 9.17) is 15.6 Å². The van der Waals surface area contributed by atoms with Gasteiger partial charge in [0.2, 0.25) is 0 Å². The average molecular weight is 289 g/mol. The zero-order valence-electron chi connectivity index (χ0n) is 11.0. The Kier molecular flexibility index (Phi) is 4.53. The highest BCUT2D eigenvalue weighted by molar-refractivity contribution is 7.99. The van der Waals surface area contributed by atoms with Crippen LogP contribution in [0.15, 0.2) is 52.3 Å². The number of rotatable bonds is 5. The maximum absolute atomic E-state index is 10.7. The summed E-state index contributed by atoms with van der Waals surface area (Å²) in [6.45, 7) is 0. The van der Waals surface area contributed by atoms with Crippen molar-refractivity contribution < 1.29 is 14.6 Å². The number of ether oxygens (including phenoxy) is 1. The van der Waals surface area contributed by atoms with Crippen molar-refractivity contribution >= 4 is 23.4 Å². The molecule has 0 heterocycles. The topological polar surface area (TPSA) is 72.5 Å². The molecule has 0 saturated carbocycles. The van der Waals surface area contributed by atoms with Crippen molar-refractivity contribution in [1.82, 2.24) is 0 Å². The van der Waals surface area contributed by atoms with Gasteiger partial charge in [-0.3, -0.25) is 4.79 Å². The van der Waals surface area contributed by atoms with Crippen molar-refractivity contribution in [3.05, 3.63) is 48.0 Å². The molecule has 0 atom stereocenters. The van der Waals surface area contributed by atoms with Gasteiger partial charge in [0.1, 0.15) is 5.75 Å². The molecule has 0 aliphatic rings. The average Bonchev–Trinajstić information content (AvgIpc) is 2.42. The minimum atomic E-state index is -0.882. The SMILES string of the molecule is COc1ccc(Sc2ccc(CC(=O)O)c(N)c2)cc1. The molecule has 3 N–H and O–H groups in total. The van der Waals surface area contributed by atoms with Gasteiger partial charge in [0.15, 0.2) is 0 Å². The van der Waals surface area contributed by atoms with E-state index in [-0.39, 0.29) is 6.42 Å². The van der Waals surface area contributed by atoms with E-state index in [1.807, 2.05) is 30.3 Å². The highest BCUT2D eigenvalue weighted by Crippen LogP contribution is 2.31. The standard InChI is InChI=1S/C15H15NO3S/c1-19-11-3-6-12(7-4-11)20-13-5-2-10(8-15(17)18)14(16)9-13/h2-7,9H,8,16H2,1H3,(H,17,18). The monoisotopic (exact) mass is 289 g/mol. The smallest absolute Gasteiger partial charge is 0.307 e. The fourth-order valence-electron chi connectivity index (χ4n) is 1.74. The Morgan fingerprint density at radius 3 is 2.40 bits per heavy atom. The molecule has 0 aromatic heterocycles. The van der Waals surface area contributed by atoms with Crippen LogP contribution in [0.4, 0.5) is 5.69 Å². The Labute approximate surface area is 121 Å². The molecule has 0 bridgehead atoms. The summed E-state index contributed by atoms with van der Waals surface area (Å²) in [4.78, 5) is 12.7. The lowest BCUT2D eigenvalue weighted by Gasteiger charge is -2.07. The first-order valence-corrected chi connectivity index (χ1v) is 6.82. The largest absolute Gasteiger partial charge is 0.497 e. The van der Waals surface area contributed by atoms with Crippen LogP contribution in [-0.2, 0) is 11.2 Å². The van der Waals surface area contributed by atoms with Crippen molar-refractivity contribution in [1.29, 1.82) is 0 Å². The van der Waals surface area contributed by atoms with Crippen LogP contribution < -0.4 is 10.5 Å². The number of hydrogen-bond acceptors (Lipinski definition) is 4. The second-order valence-corrected chi connectivity index (χ2v) is 5.36. The minimum Gasteiger partial charge on any atom is -0.497 e. The van der Waals surface area contributed by atoms with E-state index in [0.717, 1.165) is 15.5 Å². The van der Waals surface area contributed by atoms with Gasteiger partial charge in [-0.25, -0.2) is 0 Å². The molecule has 0 unspecified atom stereocenters. The predicted octanol–water partition coefficient (Wildman–Crippen LogP) is 3.06. The van der Waals surface area contributed by atoms with E-state index in [1.165, 1.54) is 0 Å². The summed E-state index contributed by atoms with van der Waals surface area (Å²) in [5, 5.41) is 8.77. The molecule has 2 rings (SSSR count). The van der Waals surface area contributed by atoms with Gasteiger partial charge in [-0.15, -0.1) is 0 Å². The van der Waals surface area contributed by atoms with E-state index in [0.29, 0.717) is 11.3 Å². The van der Waals surface area contributed by atoms with Gasteiger partial charge in [0.25, 0.3) is 0 Å². The van der Waals surface area contributed by atoms with Gasteiger partial charge >= 0.3 is 5.97 Å². The summed E-state index contributed by atoms with van der Waals surface area (Å²) in [7, 11) is 1.63. The number of nitrogen functional groups attached to an aromatic ring is 1. The zero-order chi connectivity index (χ0) is 14.5. The van der Waals surface area contributed by atoms with E-state index in [2.05, 4.69) is 0 Å². The summed E-state index contributed by atoms with van der Waals surface area (Å²) >= 11 is 1.57. The number of nitrogens with two attached hydrogens (primary N) is 1. The number of carboxylic acid groups (broad SMARTS) is 1. The molecule has 20 heavy (non-hydrogen) atoms. The van der Waals surface area contributed by atoms with Crippen molar-refractivity contribution in [3.8, 4) is 5.75 Å². The Balaban J connectivity index is 2.13. The first-order valence-electron chi connectivity index (χ1n) is 6.00. The van der Waals surface area contributed by atoms with Gasteiger partial charge in [0.05, 0.1) is 13.5 Å². The molecule has 0 spiro atoms. The molecule has 104 valence electrons. The normalized spacial score (nSPS) is 10.2. The van der Waals surface area contributed by atoms with Crippen molar-refractivity contribution in [2.24, 2.45) is 0 Å². The van der Waals surface area contributed by atoms with Gasteiger partial charge in [-0.1, -0.05) is 17.8 Å². The fraction of sp³-hybridized carbons (Fsp3) is 0.133. The van der Waals surface area contributed by atoms with Crippen LogP contribution in [-0.4, -0.2) is 18.2 Å². The third-order valence-electron chi connectivity index (χ3n) is 2.75. The van der Waals surface area contributed by atoms with Gasteiger partial charge in [-0.05, 0) is 42.0 Å². The molecule has 0 fully saturated rings. The van der Waals surface area contributed by atoms with E-state index < -0.39 is 5.97 Å². The minimum absolute atomic E-state index is 0.0562. The number of carboxylic acids is 1. The van der Waals surface area contributed by atoms with Crippen LogP contribution >= 0.6 is 11.8 Å². The van der Waals surface area contributed by atoms with Crippen LogP contribution in [0.5, 0.6) is 5.75 Å². The highest BCUT2D eigenvalue weighted by atomic mass is 32.2. The maximum Gasteiger partial charge on any atom is 0.307 e. The lowest BCUT2D eigenvalue weighted by atomic mass is 10.1. The second-order valence-electron chi connectivity index (χ2n) is 4.21. The van der Waals surface area contributed by atoms with Gasteiger partial charge in [-0.2, -0.15) is 0 Å². The summed E-state index contributed by atoms with van der Waals surface area (Å²) in [5.74, 6) is -0.0714. The van der Waals surface area contributed by atoms with Gasteiger partial charge < -0.3 is 15.6 Å². The number of benzene rings is 2. The Morgan fingerprint density at radius 2 is 1.85 bits per heavy atom. The third-order valence-corrected chi connectivity index (χ3v) is 3.75. The molecule has 4 nitrogen and oxygen atoms in total. The number of hydrogen-bond donors (Lipinski definition) is 2. The van der Waals surface area contributed by atoms with Crippen molar-refractivity contribution in [3.63, 3.8) is 0 Å². The summed E-state index contributed by atoms with van der Waals surface area (Å²) < 4.78 is 5.11.